The number of rotatable bonds is 6. The molecule has 0 amide bonds. The Morgan fingerprint density at radius 2 is 1.83 bits per heavy atom. The molecule has 0 spiro atoms. The van der Waals surface area contributed by atoms with Gasteiger partial charge in [0.25, 0.3) is 0 Å². The first-order chi connectivity index (χ1) is 8.43. The molecule has 1 rings (SSSR count). The third-order valence-corrected chi connectivity index (χ3v) is 4.95. The summed E-state index contributed by atoms with van der Waals surface area (Å²) in [6.07, 6.45) is 0.420. The van der Waals surface area contributed by atoms with E-state index in [0.717, 1.165) is 6.54 Å². The van der Waals surface area contributed by atoms with Crippen LogP contribution in [0.5, 0.6) is 0 Å². The van der Waals surface area contributed by atoms with Gasteiger partial charge in [-0.1, -0.05) is 49.1 Å². The third kappa shape index (κ3) is 5.02. The van der Waals surface area contributed by atoms with Gasteiger partial charge in [0.1, 0.15) is 0 Å². The molecule has 0 unspecified atom stereocenters. The maximum Gasteiger partial charge on any atom is 0.306 e. The van der Waals surface area contributed by atoms with E-state index < -0.39 is 8.07 Å². The summed E-state index contributed by atoms with van der Waals surface area (Å²) < 4.78 is 4.58. The fraction of sp³-hybridized carbons (Fsp3) is 0.500. The fourth-order valence-electron chi connectivity index (χ4n) is 1.65. The highest BCUT2D eigenvalue weighted by Crippen LogP contribution is 2.04. The van der Waals surface area contributed by atoms with Crippen LogP contribution in [0.25, 0.3) is 0 Å². The van der Waals surface area contributed by atoms with Crippen molar-refractivity contribution in [2.24, 2.45) is 0 Å². The summed E-state index contributed by atoms with van der Waals surface area (Å²) in [7, 11) is 0.218. The number of methoxy groups -OCH3 is 1. The monoisotopic (exact) mass is 265 g/mol. The lowest BCUT2D eigenvalue weighted by atomic mass is 10.2. The zero-order chi connectivity index (χ0) is 13.6. The van der Waals surface area contributed by atoms with Crippen LogP contribution in [-0.4, -0.2) is 27.7 Å². The highest BCUT2D eigenvalue weighted by Gasteiger charge is 2.15. The van der Waals surface area contributed by atoms with Gasteiger partial charge in [0.2, 0.25) is 0 Å². The average Bonchev–Trinajstić information content (AvgIpc) is 2.33. The lowest BCUT2D eigenvalue weighted by molar-refractivity contribution is -0.140. The van der Waals surface area contributed by atoms with Crippen LogP contribution in [0.3, 0.4) is 0 Å². The molecule has 0 aliphatic carbocycles. The van der Waals surface area contributed by atoms with Gasteiger partial charge in [0.05, 0.1) is 21.6 Å². The normalized spacial score (nSPS) is 11.3. The molecular weight excluding hydrogens is 242 g/mol. The maximum atomic E-state index is 10.9. The Kier molecular flexibility index (Phi) is 5.56. The summed E-state index contributed by atoms with van der Waals surface area (Å²) in [4.78, 5) is 10.9. The molecule has 0 heterocycles. The third-order valence-electron chi connectivity index (χ3n) is 2.88. The molecule has 18 heavy (non-hydrogen) atoms. The Balaban J connectivity index is 2.38. The van der Waals surface area contributed by atoms with Crippen molar-refractivity contribution in [2.75, 3.05) is 13.7 Å². The minimum Gasteiger partial charge on any atom is -0.469 e. The number of ether oxygens (including phenoxy) is 1. The quantitative estimate of drug-likeness (QED) is 0.485. The van der Waals surface area contributed by atoms with Crippen molar-refractivity contribution >= 4 is 19.2 Å². The van der Waals surface area contributed by atoms with Crippen molar-refractivity contribution in [3.8, 4) is 0 Å². The van der Waals surface area contributed by atoms with Crippen molar-refractivity contribution in [1.82, 2.24) is 5.32 Å². The number of benzene rings is 1. The van der Waals surface area contributed by atoms with E-state index in [0.29, 0.717) is 13.0 Å². The molecule has 0 saturated carbocycles. The molecule has 0 atom stereocenters. The fourth-order valence-corrected chi connectivity index (χ4v) is 2.81. The Labute approximate surface area is 111 Å². The van der Waals surface area contributed by atoms with Crippen LogP contribution in [-0.2, 0) is 16.1 Å². The van der Waals surface area contributed by atoms with Crippen LogP contribution >= 0.6 is 0 Å². The van der Waals surface area contributed by atoms with E-state index in [1.165, 1.54) is 17.9 Å². The number of hydrogen-bond donors (Lipinski definition) is 1. The van der Waals surface area contributed by atoms with E-state index in [9.17, 15) is 4.79 Å². The molecule has 3 nitrogen and oxygen atoms in total. The standard InChI is InChI=1S/C14H23NO2Si/c1-17-14(16)9-10-15-11-12-5-7-13(8-6-12)18(2,3)4/h5-8,15H,9-11H2,1-4H3. The Morgan fingerprint density at radius 3 is 2.33 bits per heavy atom. The summed E-state index contributed by atoms with van der Waals surface area (Å²) in [6, 6.07) is 8.78. The van der Waals surface area contributed by atoms with E-state index in [4.69, 9.17) is 0 Å². The largest absolute Gasteiger partial charge is 0.469 e. The van der Waals surface area contributed by atoms with Gasteiger partial charge >= 0.3 is 5.97 Å². The van der Waals surface area contributed by atoms with Gasteiger partial charge in [-0.05, 0) is 5.56 Å². The average molecular weight is 265 g/mol. The first-order valence-corrected chi connectivity index (χ1v) is 9.80. The molecule has 0 radical (unpaired) electrons. The van der Waals surface area contributed by atoms with Crippen LogP contribution in [0, 0.1) is 0 Å². The number of esters is 1. The minimum atomic E-state index is -1.20. The van der Waals surface area contributed by atoms with Crippen molar-refractivity contribution in [3.63, 3.8) is 0 Å². The lowest BCUT2D eigenvalue weighted by Crippen LogP contribution is -2.37. The first kappa shape index (κ1) is 14.9. The minimum absolute atomic E-state index is 0.170. The topological polar surface area (TPSA) is 38.3 Å². The van der Waals surface area contributed by atoms with Gasteiger partial charge in [-0.25, -0.2) is 0 Å². The van der Waals surface area contributed by atoms with Gasteiger partial charge in [-0.3, -0.25) is 4.79 Å². The van der Waals surface area contributed by atoms with E-state index in [1.54, 1.807) is 0 Å². The Bertz CT molecular complexity index is 382. The summed E-state index contributed by atoms with van der Waals surface area (Å²) in [6.45, 7) is 8.48. The van der Waals surface area contributed by atoms with E-state index >= 15 is 0 Å². The molecule has 0 aliphatic rings. The Hall–Kier alpha value is -1.13. The van der Waals surface area contributed by atoms with Gasteiger partial charge in [-0.2, -0.15) is 0 Å². The predicted molar refractivity (Wildman–Crippen MR) is 77.8 cm³/mol. The summed E-state index contributed by atoms with van der Waals surface area (Å²) in [5.41, 5.74) is 1.25. The predicted octanol–water partition coefficient (Wildman–Crippen LogP) is 1.88. The molecule has 0 aliphatic heterocycles. The van der Waals surface area contributed by atoms with Crippen molar-refractivity contribution in [1.29, 1.82) is 0 Å². The second-order valence-corrected chi connectivity index (χ2v) is 10.5. The smallest absolute Gasteiger partial charge is 0.306 e. The summed E-state index contributed by atoms with van der Waals surface area (Å²) >= 11 is 0. The maximum absolute atomic E-state index is 10.9. The van der Waals surface area contributed by atoms with Gasteiger partial charge < -0.3 is 10.1 Å². The van der Waals surface area contributed by atoms with Crippen molar-refractivity contribution in [3.05, 3.63) is 29.8 Å². The Morgan fingerprint density at radius 1 is 1.22 bits per heavy atom. The zero-order valence-corrected chi connectivity index (χ0v) is 12.7. The van der Waals surface area contributed by atoms with Crippen LogP contribution < -0.4 is 10.5 Å². The second-order valence-electron chi connectivity index (χ2n) is 5.45. The molecule has 4 heteroatoms. The van der Waals surface area contributed by atoms with Crippen molar-refractivity contribution in [2.45, 2.75) is 32.6 Å². The van der Waals surface area contributed by atoms with E-state index in [1.807, 2.05) is 0 Å². The summed E-state index contributed by atoms with van der Waals surface area (Å²) in [5, 5.41) is 4.71. The first-order valence-electron chi connectivity index (χ1n) is 6.30. The number of hydrogen-bond acceptors (Lipinski definition) is 3. The van der Waals surface area contributed by atoms with E-state index in [-0.39, 0.29) is 5.97 Å². The molecule has 0 bridgehead atoms. The van der Waals surface area contributed by atoms with Crippen LogP contribution in [0.2, 0.25) is 19.6 Å². The zero-order valence-electron chi connectivity index (χ0n) is 11.7. The van der Waals surface area contributed by atoms with E-state index in [2.05, 4.69) is 54.0 Å². The van der Waals surface area contributed by atoms with Gasteiger partial charge in [0.15, 0.2) is 0 Å². The molecule has 1 aromatic rings. The van der Waals surface area contributed by atoms with Gasteiger partial charge in [0, 0.05) is 13.1 Å². The van der Waals surface area contributed by atoms with Crippen LogP contribution in [0.4, 0.5) is 0 Å². The van der Waals surface area contributed by atoms with Crippen LogP contribution in [0.15, 0.2) is 24.3 Å². The van der Waals surface area contributed by atoms with Gasteiger partial charge in [-0.15, -0.1) is 0 Å². The number of carbonyl (C=O) groups is 1. The van der Waals surface area contributed by atoms with Crippen LogP contribution in [0.1, 0.15) is 12.0 Å². The molecular formula is C14H23NO2Si. The molecule has 0 aromatic heterocycles. The lowest BCUT2D eigenvalue weighted by Gasteiger charge is -2.16. The highest BCUT2D eigenvalue weighted by molar-refractivity contribution is 6.88. The second kappa shape index (κ2) is 6.71. The van der Waals surface area contributed by atoms with Crippen molar-refractivity contribution < 1.29 is 9.53 Å². The highest BCUT2D eigenvalue weighted by atomic mass is 28.3. The summed E-state index contributed by atoms with van der Waals surface area (Å²) in [5.74, 6) is -0.170. The molecule has 0 fully saturated rings. The SMILES string of the molecule is COC(=O)CCNCc1ccc([Si](C)(C)C)cc1. The molecule has 1 aromatic carbocycles. The number of nitrogens with one attached hydrogen (secondary N) is 1. The molecule has 100 valence electrons. The number of carbonyl (C=O) groups excluding carboxylic acids is 1. The molecule has 1 N–H and O–H groups in total. The molecule has 0 saturated heterocycles.